The molecule has 0 spiro atoms. The van der Waals surface area contributed by atoms with Crippen molar-refractivity contribution in [3.63, 3.8) is 0 Å². The fraction of sp³-hybridized carbons (Fsp3) is 0.579. The third kappa shape index (κ3) is 3.48. The van der Waals surface area contributed by atoms with Crippen LogP contribution in [0.15, 0.2) is 30.0 Å². The lowest BCUT2D eigenvalue weighted by atomic mass is 9.83. The fourth-order valence-electron chi connectivity index (χ4n) is 2.81. The van der Waals surface area contributed by atoms with Gasteiger partial charge in [0.2, 0.25) is 0 Å². The minimum absolute atomic E-state index is 0.135. The average Bonchev–Trinajstić information content (AvgIpc) is 2.78. The van der Waals surface area contributed by atoms with E-state index in [2.05, 4.69) is 0 Å². The van der Waals surface area contributed by atoms with E-state index in [1.165, 1.54) is 0 Å². The fourth-order valence-corrected chi connectivity index (χ4v) is 2.81. The van der Waals surface area contributed by atoms with Crippen molar-refractivity contribution >= 4 is 12.7 Å². The molecule has 25 heavy (non-hydrogen) atoms. The van der Waals surface area contributed by atoms with E-state index in [1.807, 2.05) is 27.7 Å². The molecule has 2 unspecified atom stereocenters. The molecule has 1 aliphatic carbocycles. The summed E-state index contributed by atoms with van der Waals surface area (Å²) in [5.41, 5.74) is -0.336. The molecular weight excluding hydrogens is 322 g/mol. The van der Waals surface area contributed by atoms with Gasteiger partial charge in [-0.3, -0.25) is 0 Å². The molecule has 1 saturated heterocycles. The normalized spacial score (nSPS) is 28.4. The Kier molecular flexibility index (Phi) is 4.73. The summed E-state index contributed by atoms with van der Waals surface area (Å²) >= 11 is 0. The first-order valence-electron chi connectivity index (χ1n) is 8.78. The molecule has 6 heteroatoms. The molecule has 2 fully saturated rings. The topological polar surface area (TPSA) is 47.9 Å². The lowest BCUT2D eigenvalue weighted by Gasteiger charge is -2.32. The first-order valence-corrected chi connectivity index (χ1v) is 8.78. The molecule has 1 aromatic rings. The van der Waals surface area contributed by atoms with Gasteiger partial charge in [-0.25, -0.2) is 4.39 Å². The zero-order valence-electron chi connectivity index (χ0n) is 15.5. The zero-order chi connectivity index (χ0) is 18.4. The quantitative estimate of drug-likeness (QED) is 0.838. The smallest absolute Gasteiger partial charge is 0.488 e. The summed E-state index contributed by atoms with van der Waals surface area (Å²) in [6.07, 6.45) is 1.12. The second-order valence-corrected chi connectivity index (χ2v) is 7.89. The first-order chi connectivity index (χ1) is 11.6. The van der Waals surface area contributed by atoms with Gasteiger partial charge in [0.05, 0.1) is 17.3 Å². The van der Waals surface area contributed by atoms with Gasteiger partial charge in [0.25, 0.3) is 0 Å². The van der Waals surface area contributed by atoms with Crippen LogP contribution in [0.25, 0.3) is 5.57 Å². The molecule has 1 saturated carbocycles. The minimum Gasteiger partial charge on any atom is -0.488 e. The van der Waals surface area contributed by atoms with Gasteiger partial charge in [-0.15, -0.1) is 0 Å². The van der Waals surface area contributed by atoms with Gasteiger partial charge in [0, 0.05) is 0 Å². The van der Waals surface area contributed by atoms with Crippen molar-refractivity contribution in [3.05, 3.63) is 35.6 Å². The summed E-state index contributed by atoms with van der Waals surface area (Å²) in [5, 5.41) is 9.58. The Labute approximate surface area is 149 Å². The monoisotopic (exact) mass is 348 g/mol. The number of hydrogen-bond acceptors (Lipinski definition) is 4. The molecule has 2 aliphatic rings. The molecule has 0 aromatic heterocycles. The molecule has 1 aromatic carbocycles. The Morgan fingerprint density at radius 1 is 1.12 bits per heavy atom. The second kappa shape index (κ2) is 6.42. The van der Waals surface area contributed by atoms with Gasteiger partial charge < -0.3 is 19.2 Å². The number of benzene rings is 1. The van der Waals surface area contributed by atoms with E-state index in [-0.39, 0.29) is 12.2 Å². The van der Waals surface area contributed by atoms with Crippen LogP contribution in [0.2, 0.25) is 0 Å². The predicted octanol–water partition coefficient (Wildman–Crippen LogP) is 3.92. The third-order valence-corrected chi connectivity index (χ3v) is 5.57. The molecule has 1 aliphatic heterocycles. The maximum absolute atomic E-state index is 14.9. The lowest BCUT2D eigenvalue weighted by molar-refractivity contribution is -0.0361. The molecule has 4 nitrogen and oxygen atoms in total. The van der Waals surface area contributed by atoms with Crippen LogP contribution in [0.1, 0.15) is 53.0 Å². The number of rotatable bonds is 4. The van der Waals surface area contributed by atoms with E-state index in [0.717, 1.165) is 18.4 Å². The summed E-state index contributed by atoms with van der Waals surface area (Å²) in [5.74, 6) is 0.677. The number of allylic oxidation sites excluding steroid dienone is 1. The highest BCUT2D eigenvalue weighted by Crippen LogP contribution is 2.40. The van der Waals surface area contributed by atoms with Crippen molar-refractivity contribution in [2.45, 2.75) is 70.9 Å². The molecule has 0 radical (unpaired) electrons. The molecule has 1 heterocycles. The minimum atomic E-state index is -0.994. The van der Waals surface area contributed by atoms with E-state index < -0.39 is 24.0 Å². The van der Waals surface area contributed by atoms with Crippen molar-refractivity contribution in [1.29, 1.82) is 0 Å². The summed E-state index contributed by atoms with van der Waals surface area (Å²) < 4.78 is 32.1. The molecule has 1 N–H and O–H groups in total. The Morgan fingerprint density at radius 3 is 2.12 bits per heavy atom. The number of aliphatic hydroxyl groups is 1. The molecule has 0 bridgehead atoms. The van der Waals surface area contributed by atoms with Gasteiger partial charge in [0.1, 0.15) is 17.6 Å². The third-order valence-electron chi connectivity index (χ3n) is 5.57. The maximum Gasteiger partial charge on any atom is 0.525 e. The van der Waals surface area contributed by atoms with Crippen molar-refractivity contribution in [3.8, 4) is 5.75 Å². The Bertz CT molecular complexity index is 653. The predicted molar refractivity (Wildman–Crippen MR) is 95.9 cm³/mol. The summed E-state index contributed by atoms with van der Waals surface area (Å²) in [4.78, 5) is 0. The lowest BCUT2D eigenvalue weighted by Crippen LogP contribution is -2.41. The van der Waals surface area contributed by atoms with E-state index in [4.69, 9.17) is 14.0 Å². The number of ether oxygens (including phenoxy) is 1. The average molecular weight is 348 g/mol. The van der Waals surface area contributed by atoms with Crippen LogP contribution in [-0.4, -0.2) is 35.6 Å². The Hall–Kier alpha value is -1.37. The van der Waals surface area contributed by atoms with Crippen LogP contribution in [0.4, 0.5) is 4.39 Å². The largest absolute Gasteiger partial charge is 0.525 e. The SMILES string of the molecule is CC(=C(F)B1OC(C)(C)C(C)(C)O1)c1ccc(OC2CCC2O)cc1. The van der Waals surface area contributed by atoms with Gasteiger partial charge in [-0.05, 0) is 70.7 Å². The highest BCUT2D eigenvalue weighted by atomic mass is 19.1. The van der Waals surface area contributed by atoms with Crippen LogP contribution in [0, 0.1) is 0 Å². The molecule has 0 amide bonds. The summed E-state index contributed by atoms with van der Waals surface area (Å²) in [6, 6.07) is 7.20. The van der Waals surface area contributed by atoms with Gasteiger partial charge in [0.15, 0.2) is 0 Å². The van der Waals surface area contributed by atoms with Gasteiger partial charge in [-0.2, -0.15) is 0 Å². The second-order valence-electron chi connectivity index (χ2n) is 7.89. The Balaban J connectivity index is 1.73. The summed E-state index contributed by atoms with van der Waals surface area (Å²) in [7, 11) is -0.994. The first kappa shape index (κ1) is 18.4. The van der Waals surface area contributed by atoms with Crippen molar-refractivity contribution < 1.29 is 23.5 Å². The Morgan fingerprint density at radius 2 is 1.68 bits per heavy atom. The number of halogens is 1. The van der Waals surface area contributed by atoms with E-state index >= 15 is 0 Å². The van der Waals surface area contributed by atoms with Crippen LogP contribution in [-0.2, 0) is 9.31 Å². The van der Waals surface area contributed by atoms with Crippen LogP contribution < -0.4 is 4.74 Å². The van der Waals surface area contributed by atoms with Crippen molar-refractivity contribution in [1.82, 2.24) is 0 Å². The molecular formula is C19H26BFO4. The van der Waals surface area contributed by atoms with Crippen molar-refractivity contribution in [2.24, 2.45) is 0 Å². The van der Waals surface area contributed by atoms with Crippen LogP contribution >= 0.6 is 0 Å². The standard InChI is InChI=1S/C19H26BFO4/c1-12(17(21)20-24-18(2,3)19(4,5)25-20)13-6-8-14(9-7-13)23-16-11-10-15(16)22/h6-9,15-16,22H,10-11H2,1-5H3. The molecule has 3 rings (SSSR count). The zero-order valence-corrected chi connectivity index (χ0v) is 15.5. The summed E-state index contributed by atoms with van der Waals surface area (Å²) in [6.45, 7) is 9.31. The van der Waals surface area contributed by atoms with E-state index in [1.54, 1.807) is 31.2 Å². The molecule has 136 valence electrons. The van der Waals surface area contributed by atoms with E-state index in [0.29, 0.717) is 11.3 Å². The molecule has 2 atom stereocenters. The highest BCUT2D eigenvalue weighted by molar-refractivity contribution is 6.55. The maximum atomic E-state index is 14.9. The van der Waals surface area contributed by atoms with Crippen LogP contribution in [0.3, 0.4) is 0 Å². The highest BCUT2D eigenvalue weighted by Gasteiger charge is 2.53. The van der Waals surface area contributed by atoms with Crippen LogP contribution in [0.5, 0.6) is 5.75 Å². The van der Waals surface area contributed by atoms with Gasteiger partial charge >= 0.3 is 7.12 Å². The van der Waals surface area contributed by atoms with Crippen molar-refractivity contribution in [2.75, 3.05) is 0 Å². The number of hydrogen-bond donors (Lipinski definition) is 1. The van der Waals surface area contributed by atoms with E-state index in [9.17, 15) is 9.50 Å². The number of aliphatic hydroxyl groups excluding tert-OH is 1. The van der Waals surface area contributed by atoms with Gasteiger partial charge in [-0.1, -0.05) is 12.1 Å².